The first-order chi connectivity index (χ1) is 14.2. The largest absolute Gasteiger partial charge is 0.497 e. The van der Waals surface area contributed by atoms with Gasteiger partial charge in [-0.1, -0.05) is 29.7 Å². The number of anilines is 1. The van der Waals surface area contributed by atoms with Crippen molar-refractivity contribution >= 4 is 33.2 Å². The highest BCUT2D eigenvalue weighted by molar-refractivity contribution is 7.13. The van der Waals surface area contributed by atoms with E-state index in [2.05, 4.69) is 11.0 Å². The lowest BCUT2D eigenvalue weighted by atomic mass is 10.2. The van der Waals surface area contributed by atoms with Crippen molar-refractivity contribution in [2.75, 3.05) is 38.2 Å². The highest BCUT2D eigenvalue weighted by atomic mass is 32.1. The molecule has 29 heavy (non-hydrogen) atoms. The SMILES string of the molecule is COc1cccc(N2CCN(C(=O)CCCn3sc4ccccc4c3=O)CC2)c1. The van der Waals surface area contributed by atoms with Gasteiger partial charge in [0.1, 0.15) is 5.75 Å². The van der Waals surface area contributed by atoms with Crippen LogP contribution in [0.3, 0.4) is 0 Å². The van der Waals surface area contributed by atoms with Gasteiger partial charge in [0.25, 0.3) is 5.56 Å². The number of rotatable bonds is 6. The molecule has 1 aliphatic heterocycles. The minimum atomic E-state index is 0.0463. The molecule has 0 atom stereocenters. The normalized spacial score (nSPS) is 14.4. The highest BCUT2D eigenvalue weighted by Gasteiger charge is 2.21. The summed E-state index contributed by atoms with van der Waals surface area (Å²) in [5, 5.41) is 0.762. The molecule has 0 radical (unpaired) electrons. The predicted molar refractivity (Wildman–Crippen MR) is 117 cm³/mol. The summed E-state index contributed by atoms with van der Waals surface area (Å²) in [6, 6.07) is 15.7. The molecule has 0 saturated carbocycles. The number of hydrogen-bond donors (Lipinski definition) is 0. The van der Waals surface area contributed by atoms with Crippen molar-refractivity contribution in [2.24, 2.45) is 0 Å². The maximum atomic E-state index is 12.6. The van der Waals surface area contributed by atoms with Crippen LogP contribution in [-0.2, 0) is 11.3 Å². The number of carbonyl (C=O) groups excluding carboxylic acids is 1. The maximum absolute atomic E-state index is 12.6. The molecule has 0 spiro atoms. The molecule has 7 heteroatoms. The van der Waals surface area contributed by atoms with Crippen LogP contribution >= 0.6 is 11.5 Å². The number of aromatic nitrogens is 1. The standard InChI is InChI=1S/C22H25N3O3S/c1-28-18-7-4-6-17(16-18)23-12-14-24(15-13-23)21(26)10-5-11-25-22(27)19-8-2-3-9-20(19)29-25/h2-4,6-9,16H,5,10-15H2,1H3. The van der Waals surface area contributed by atoms with Crippen molar-refractivity contribution in [3.05, 3.63) is 58.9 Å². The van der Waals surface area contributed by atoms with Crippen molar-refractivity contribution in [1.29, 1.82) is 0 Å². The molecule has 2 heterocycles. The average Bonchev–Trinajstić information content (AvgIpc) is 3.09. The second kappa shape index (κ2) is 8.69. The Kier molecular flexibility index (Phi) is 5.85. The third-order valence-corrected chi connectivity index (χ3v) is 6.48. The molecule has 152 valence electrons. The molecule has 1 amide bonds. The van der Waals surface area contributed by atoms with Gasteiger partial charge < -0.3 is 14.5 Å². The Morgan fingerprint density at radius 3 is 2.62 bits per heavy atom. The summed E-state index contributed by atoms with van der Waals surface area (Å²) >= 11 is 1.47. The summed E-state index contributed by atoms with van der Waals surface area (Å²) in [6.45, 7) is 3.66. The van der Waals surface area contributed by atoms with Crippen LogP contribution in [0.5, 0.6) is 5.75 Å². The van der Waals surface area contributed by atoms with Gasteiger partial charge in [0.15, 0.2) is 0 Å². The minimum absolute atomic E-state index is 0.0463. The van der Waals surface area contributed by atoms with Crippen molar-refractivity contribution < 1.29 is 9.53 Å². The number of nitrogens with zero attached hydrogens (tertiary/aromatic N) is 3. The number of hydrogen-bond acceptors (Lipinski definition) is 5. The van der Waals surface area contributed by atoms with Crippen molar-refractivity contribution in [3.63, 3.8) is 0 Å². The molecule has 1 aliphatic rings. The molecular formula is C22H25N3O3S. The lowest BCUT2D eigenvalue weighted by Gasteiger charge is -2.36. The third-order valence-electron chi connectivity index (χ3n) is 5.36. The van der Waals surface area contributed by atoms with Gasteiger partial charge in [-0.3, -0.25) is 13.5 Å². The van der Waals surface area contributed by atoms with Crippen LogP contribution in [0.4, 0.5) is 5.69 Å². The Morgan fingerprint density at radius 1 is 1.07 bits per heavy atom. The maximum Gasteiger partial charge on any atom is 0.268 e. The van der Waals surface area contributed by atoms with Crippen LogP contribution in [0, 0.1) is 0 Å². The van der Waals surface area contributed by atoms with Gasteiger partial charge in [0.05, 0.1) is 17.2 Å². The summed E-state index contributed by atoms with van der Waals surface area (Å²) in [5.41, 5.74) is 1.17. The second-order valence-corrected chi connectivity index (χ2v) is 8.23. The van der Waals surface area contributed by atoms with E-state index < -0.39 is 0 Å². The van der Waals surface area contributed by atoms with Crippen LogP contribution < -0.4 is 15.2 Å². The van der Waals surface area contributed by atoms with Crippen LogP contribution in [0.1, 0.15) is 12.8 Å². The molecule has 1 aromatic heterocycles. The van der Waals surface area contributed by atoms with E-state index in [0.29, 0.717) is 19.4 Å². The lowest BCUT2D eigenvalue weighted by molar-refractivity contribution is -0.131. The van der Waals surface area contributed by atoms with Crippen LogP contribution in [0.25, 0.3) is 10.1 Å². The molecule has 3 aromatic rings. The second-order valence-electron chi connectivity index (χ2n) is 7.17. The zero-order valence-corrected chi connectivity index (χ0v) is 17.4. The summed E-state index contributed by atoms with van der Waals surface area (Å²) in [4.78, 5) is 29.2. The van der Waals surface area contributed by atoms with Crippen LogP contribution in [0.2, 0.25) is 0 Å². The van der Waals surface area contributed by atoms with E-state index in [1.165, 1.54) is 11.5 Å². The topological polar surface area (TPSA) is 54.8 Å². The average molecular weight is 412 g/mol. The lowest BCUT2D eigenvalue weighted by Crippen LogP contribution is -2.48. The van der Waals surface area contributed by atoms with Gasteiger partial charge in [-0.05, 0) is 30.7 Å². The molecule has 1 saturated heterocycles. The third kappa shape index (κ3) is 4.29. The summed E-state index contributed by atoms with van der Waals surface area (Å²) < 4.78 is 8.06. The Bertz CT molecular complexity index is 1050. The van der Waals surface area contributed by atoms with Crippen molar-refractivity contribution in [2.45, 2.75) is 19.4 Å². The summed E-state index contributed by atoms with van der Waals surface area (Å²) in [6.07, 6.45) is 1.15. The van der Waals surface area contributed by atoms with Crippen LogP contribution in [0.15, 0.2) is 53.3 Å². The number of amides is 1. The Balaban J connectivity index is 1.27. The Labute approximate surface area is 174 Å². The number of aryl methyl sites for hydroxylation is 1. The van der Waals surface area contributed by atoms with Gasteiger partial charge in [-0.15, -0.1) is 0 Å². The number of ether oxygens (including phenoxy) is 1. The number of fused-ring (bicyclic) bond motifs is 1. The first-order valence-corrected chi connectivity index (χ1v) is 10.7. The minimum Gasteiger partial charge on any atom is -0.497 e. The fourth-order valence-corrected chi connectivity index (χ4v) is 4.75. The number of benzene rings is 2. The first-order valence-electron chi connectivity index (χ1n) is 9.91. The van der Waals surface area contributed by atoms with Gasteiger partial charge >= 0.3 is 0 Å². The molecule has 1 fully saturated rings. The molecular weight excluding hydrogens is 386 g/mol. The summed E-state index contributed by atoms with van der Waals surface area (Å²) in [7, 11) is 1.67. The van der Waals surface area contributed by atoms with E-state index in [0.717, 1.165) is 47.7 Å². The molecule has 4 rings (SSSR count). The first kappa shape index (κ1) is 19.5. The fraction of sp³-hybridized carbons (Fsp3) is 0.364. The Hall–Kier alpha value is -2.80. The molecule has 0 unspecified atom stereocenters. The number of methoxy groups -OCH3 is 1. The van der Waals surface area contributed by atoms with Crippen molar-refractivity contribution in [3.8, 4) is 5.75 Å². The Morgan fingerprint density at radius 2 is 1.86 bits per heavy atom. The summed E-state index contributed by atoms with van der Waals surface area (Å²) in [5.74, 6) is 1.02. The van der Waals surface area contributed by atoms with Crippen LogP contribution in [-0.4, -0.2) is 48.1 Å². The van der Waals surface area contributed by atoms with Gasteiger partial charge in [-0.25, -0.2) is 0 Å². The van der Waals surface area contributed by atoms with E-state index in [9.17, 15) is 9.59 Å². The quantitative estimate of drug-likeness (QED) is 0.625. The molecule has 0 bridgehead atoms. The highest BCUT2D eigenvalue weighted by Crippen LogP contribution is 2.22. The van der Waals surface area contributed by atoms with Gasteiger partial charge in [0, 0.05) is 50.9 Å². The van der Waals surface area contributed by atoms with E-state index in [1.807, 2.05) is 47.4 Å². The van der Waals surface area contributed by atoms with E-state index >= 15 is 0 Å². The smallest absolute Gasteiger partial charge is 0.268 e. The predicted octanol–water partition coefficient (Wildman–Crippen LogP) is 3.20. The van der Waals surface area contributed by atoms with Crippen molar-refractivity contribution in [1.82, 2.24) is 8.86 Å². The van der Waals surface area contributed by atoms with E-state index in [1.54, 1.807) is 11.1 Å². The number of piperazine rings is 1. The monoisotopic (exact) mass is 411 g/mol. The zero-order chi connectivity index (χ0) is 20.2. The zero-order valence-electron chi connectivity index (χ0n) is 16.5. The number of carbonyl (C=O) groups is 1. The van der Waals surface area contributed by atoms with E-state index in [-0.39, 0.29) is 11.5 Å². The van der Waals surface area contributed by atoms with Gasteiger partial charge in [0.2, 0.25) is 5.91 Å². The molecule has 6 nitrogen and oxygen atoms in total. The molecule has 2 aromatic carbocycles. The van der Waals surface area contributed by atoms with Gasteiger partial charge in [-0.2, -0.15) is 0 Å². The molecule has 0 aliphatic carbocycles. The van der Waals surface area contributed by atoms with E-state index in [4.69, 9.17) is 4.74 Å². The fourth-order valence-electron chi connectivity index (χ4n) is 3.72. The molecule has 0 N–H and O–H groups in total.